The maximum Gasteiger partial charge on any atom is 0.333 e. The van der Waals surface area contributed by atoms with Crippen LogP contribution in [0.2, 0.25) is 0 Å². The Kier molecular flexibility index (Phi) is 7.17. The number of likely N-dealkylation sites (N-methyl/N-ethyl adjacent to an activating group) is 2. The Morgan fingerprint density at radius 3 is 1.92 bits per heavy atom. The van der Waals surface area contributed by atoms with Gasteiger partial charge in [-0.2, -0.15) is 0 Å². The summed E-state index contributed by atoms with van der Waals surface area (Å²) in [6.07, 6.45) is 0. The Balaban J connectivity index is 1.73. The summed E-state index contributed by atoms with van der Waals surface area (Å²) in [5, 5.41) is 0. The van der Waals surface area contributed by atoms with E-state index in [1.165, 1.54) is 11.9 Å². The van der Waals surface area contributed by atoms with Crippen LogP contribution in [0.3, 0.4) is 0 Å². The summed E-state index contributed by atoms with van der Waals surface area (Å²) in [6.45, 7) is 7.40. The average Bonchev–Trinajstić information content (AvgIpc) is 3.20. The third-order valence-corrected chi connectivity index (χ3v) is 6.63. The number of amides is 3. The summed E-state index contributed by atoms with van der Waals surface area (Å²) in [7, 11) is 3.09. The number of hydrogen-bond donors (Lipinski definition) is 0. The van der Waals surface area contributed by atoms with Crippen molar-refractivity contribution in [3.05, 3.63) is 71.8 Å². The van der Waals surface area contributed by atoms with Gasteiger partial charge < -0.3 is 0 Å². The number of fused-ring (bicyclic) bond motifs is 1. The third kappa shape index (κ3) is 5.28. The zero-order valence-electron chi connectivity index (χ0n) is 21.6. The number of nitrogens with zero attached hydrogens (tertiary/aromatic N) is 5. The molecule has 8 nitrogen and oxygen atoms in total. The van der Waals surface area contributed by atoms with Crippen LogP contribution in [0.1, 0.15) is 31.9 Å². The van der Waals surface area contributed by atoms with E-state index in [-0.39, 0.29) is 18.2 Å². The second-order valence-electron chi connectivity index (χ2n) is 10.4. The molecular formula is C28H34N5O3+. The number of amidine groups is 2. The molecule has 0 radical (unpaired) electrons. The van der Waals surface area contributed by atoms with Gasteiger partial charge in [0, 0.05) is 32.6 Å². The number of Topliss-reactive ketones (excluding diaryl/α,β-unsaturated/α-hetero) is 1. The summed E-state index contributed by atoms with van der Waals surface area (Å²) in [5.41, 5.74) is 1.72. The molecule has 36 heavy (non-hydrogen) atoms. The molecule has 0 saturated carbocycles. The van der Waals surface area contributed by atoms with Gasteiger partial charge in [-0.25, -0.2) is 9.37 Å². The summed E-state index contributed by atoms with van der Waals surface area (Å²) < 4.78 is 1.79. The molecule has 0 aliphatic carbocycles. The first-order valence-electron chi connectivity index (χ1n) is 12.2. The molecule has 1 unspecified atom stereocenters. The number of rotatable bonds is 8. The van der Waals surface area contributed by atoms with E-state index in [1.807, 2.05) is 57.2 Å². The first-order valence-corrected chi connectivity index (χ1v) is 12.2. The van der Waals surface area contributed by atoms with Crippen LogP contribution in [-0.2, 0) is 22.7 Å². The highest BCUT2D eigenvalue weighted by atomic mass is 16.2. The molecule has 2 aromatic rings. The van der Waals surface area contributed by atoms with E-state index in [0.717, 1.165) is 16.0 Å². The molecule has 0 N–H and O–H groups in total. The van der Waals surface area contributed by atoms with Crippen molar-refractivity contribution in [2.45, 2.75) is 39.9 Å². The van der Waals surface area contributed by atoms with Crippen molar-refractivity contribution in [2.24, 2.45) is 10.4 Å². The average molecular weight is 489 g/mol. The number of hydrogen-bond acceptors (Lipinski definition) is 5. The maximum atomic E-state index is 13.2. The van der Waals surface area contributed by atoms with Crippen molar-refractivity contribution in [2.75, 3.05) is 27.2 Å². The van der Waals surface area contributed by atoms with E-state index in [4.69, 9.17) is 4.99 Å². The highest BCUT2D eigenvalue weighted by molar-refractivity contribution is 6.23. The van der Waals surface area contributed by atoms with Gasteiger partial charge in [0.05, 0.1) is 0 Å². The molecule has 1 fully saturated rings. The molecule has 0 aromatic heterocycles. The molecule has 0 bridgehead atoms. The zero-order valence-corrected chi connectivity index (χ0v) is 21.6. The summed E-state index contributed by atoms with van der Waals surface area (Å²) in [4.78, 5) is 48.5. The van der Waals surface area contributed by atoms with E-state index >= 15 is 0 Å². The number of carbonyl (C=O) groups excluding carboxylic acids is 3. The van der Waals surface area contributed by atoms with Gasteiger partial charge in [0.25, 0.3) is 17.8 Å². The van der Waals surface area contributed by atoms with Crippen LogP contribution in [0, 0.1) is 5.41 Å². The SMILES string of the molecule is CN1C(=O)C2C(=NC(CN(Cc3ccccc3)Cc3ccccc3)=[N+]2CC(=O)C(C)(C)C)N(C)C1=O. The van der Waals surface area contributed by atoms with Gasteiger partial charge in [-0.1, -0.05) is 81.4 Å². The molecule has 1 atom stereocenters. The molecule has 188 valence electrons. The van der Waals surface area contributed by atoms with Crippen LogP contribution in [-0.4, -0.2) is 81.9 Å². The molecule has 4 rings (SSSR count). The maximum absolute atomic E-state index is 13.2. The number of benzene rings is 2. The lowest BCUT2D eigenvalue weighted by Crippen LogP contribution is -2.62. The summed E-state index contributed by atoms with van der Waals surface area (Å²) >= 11 is 0. The Bertz CT molecular complexity index is 1170. The standard InChI is InChI=1S/C28H34N5O3/c1-28(2,3)22(34)18-33-23(29-25-24(33)26(35)31(5)27(36)30(25)4)19-32(16-20-12-8-6-9-13-20)17-21-14-10-7-11-15-21/h6-15,24H,16-19H2,1-5H3/q+1. The fourth-order valence-electron chi connectivity index (χ4n) is 4.40. The largest absolute Gasteiger partial charge is 0.333 e. The second kappa shape index (κ2) is 10.1. The van der Waals surface area contributed by atoms with Gasteiger partial charge in [0.15, 0.2) is 5.78 Å². The molecule has 2 aliphatic rings. The highest BCUT2D eigenvalue weighted by Crippen LogP contribution is 2.22. The van der Waals surface area contributed by atoms with Gasteiger partial charge in [-0.15, -0.1) is 0 Å². The predicted octanol–water partition coefficient (Wildman–Crippen LogP) is 3.02. The van der Waals surface area contributed by atoms with Crippen molar-refractivity contribution in [3.63, 3.8) is 0 Å². The van der Waals surface area contributed by atoms with Crippen LogP contribution in [0.5, 0.6) is 0 Å². The third-order valence-electron chi connectivity index (χ3n) is 6.63. The van der Waals surface area contributed by atoms with Gasteiger partial charge in [-0.05, 0) is 16.1 Å². The fourth-order valence-corrected chi connectivity index (χ4v) is 4.40. The van der Waals surface area contributed by atoms with E-state index in [9.17, 15) is 14.4 Å². The van der Waals surface area contributed by atoms with Crippen molar-refractivity contribution in [1.82, 2.24) is 14.7 Å². The minimum absolute atomic E-state index is 0.00382. The lowest BCUT2D eigenvalue weighted by Gasteiger charge is -2.31. The molecule has 1 saturated heterocycles. The number of urea groups is 1. The van der Waals surface area contributed by atoms with Crippen LogP contribution in [0.25, 0.3) is 0 Å². The predicted molar refractivity (Wildman–Crippen MR) is 139 cm³/mol. The topological polar surface area (TPSA) is 76.3 Å². The Labute approximate surface area is 212 Å². The normalized spacial score (nSPS) is 18.2. The van der Waals surface area contributed by atoms with Crippen molar-refractivity contribution >= 4 is 29.4 Å². The van der Waals surface area contributed by atoms with Crippen molar-refractivity contribution in [3.8, 4) is 0 Å². The van der Waals surface area contributed by atoms with E-state index in [2.05, 4.69) is 29.2 Å². The van der Waals surface area contributed by atoms with E-state index < -0.39 is 17.5 Å². The summed E-state index contributed by atoms with van der Waals surface area (Å²) in [6, 6.07) is 19.1. The number of aliphatic imine (C=N–C) groups is 1. The molecule has 2 aromatic carbocycles. The first kappa shape index (κ1) is 25.4. The molecule has 8 heteroatoms. The number of ketones is 1. The highest BCUT2D eigenvalue weighted by Gasteiger charge is 2.53. The van der Waals surface area contributed by atoms with Crippen molar-refractivity contribution in [1.29, 1.82) is 0 Å². The van der Waals surface area contributed by atoms with Gasteiger partial charge in [-0.3, -0.25) is 24.3 Å². The fraction of sp³-hybridized carbons (Fsp3) is 0.393. The van der Waals surface area contributed by atoms with Crippen LogP contribution >= 0.6 is 0 Å². The molecule has 3 amide bonds. The second-order valence-corrected chi connectivity index (χ2v) is 10.4. The van der Waals surface area contributed by atoms with Crippen LogP contribution in [0.4, 0.5) is 4.79 Å². The monoisotopic (exact) mass is 488 g/mol. The molecular weight excluding hydrogens is 454 g/mol. The van der Waals surface area contributed by atoms with E-state index in [1.54, 1.807) is 11.6 Å². The Hall–Kier alpha value is -3.65. The molecule has 2 aliphatic heterocycles. The van der Waals surface area contributed by atoms with E-state index in [0.29, 0.717) is 31.3 Å². The van der Waals surface area contributed by atoms with Crippen LogP contribution in [0.15, 0.2) is 65.7 Å². The minimum atomic E-state index is -0.797. The van der Waals surface area contributed by atoms with Crippen LogP contribution < -0.4 is 0 Å². The lowest BCUT2D eigenvalue weighted by molar-refractivity contribution is -0.525. The Morgan fingerprint density at radius 2 is 1.42 bits per heavy atom. The Morgan fingerprint density at radius 1 is 0.889 bits per heavy atom. The van der Waals surface area contributed by atoms with Gasteiger partial charge >= 0.3 is 11.9 Å². The number of carbonyl (C=O) groups is 3. The molecule has 0 spiro atoms. The minimum Gasteiger partial charge on any atom is -0.295 e. The van der Waals surface area contributed by atoms with Gasteiger partial charge in [0.2, 0.25) is 0 Å². The molecule has 2 heterocycles. The quantitative estimate of drug-likeness (QED) is 0.536. The van der Waals surface area contributed by atoms with Crippen molar-refractivity contribution < 1.29 is 19.0 Å². The smallest absolute Gasteiger partial charge is 0.295 e. The first-order chi connectivity index (χ1) is 17.1. The number of imide groups is 1. The summed E-state index contributed by atoms with van der Waals surface area (Å²) in [5.74, 6) is 0.622. The zero-order chi connectivity index (χ0) is 26.0. The van der Waals surface area contributed by atoms with Gasteiger partial charge in [0.1, 0.15) is 13.1 Å². The lowest BCUT2D eigenvalue weighted by atomic mass is 9.90.